The van der Waals surface area contributed by atoms with Crippen LogP contribution in [0.5, 0.6) is 5.75 Å². The van der Waals surface area contributed by atoms with E-state index >= 15 is 0 Å². The van der Waals surface area contributed by atoms with E-state index in [1.54, 1.807) is 0 Å². The smallest absolute Gasteiger partial charge is 0.465 e. The Morgan fingerprint density at radius 3 is 2.23 bits per heavy atom. The number of nitrogens with zero attached hydrogens (tertiary/aromatic N) is 1. The number of halogens is 3. The minimum atomic E-state index is -5.83. The zero-order chi connectivity index (χ0) is 19.2. The molecule has 1 saturated heterocycles. The van der Waals surface area contributed by atoms with Crippen LogP contribution >= 0.6 is 0 Å². The largest absolute Gasteiger partial charge is 0.534 e. The fourth-order valence-electron chi connectivity index (χ4n) is 3.14. The van der Waals surface area contributed by atoms with E-state index in [1.807, 2.05) is 4.90 Å². The minimum Gasteiger partial charge on any atom is -0.465 e. The summed E-state index contributed by atoms with van der Waals surface area (Å²) in [5.41, 5.74) is -4.83. The second kappa shape index (κ2) is 6.33. The van der Waals surface area contributed by atoms with E-state index in [4.69, 9.17) is 0 Å². The maximum atomic E-state index is 12.6. The van der Waals surface area contributed by atoms with E-state index in [2.05, 4.69) is 8.92 Å². The van der Waals surface area contributed by atoms with Gasteiger partial charge in [-0.15, -0.1) is 0 Å². The Balaban J connectivity index is 1.90. The van der Waals surface area contributed by atoms with E-state index in [1.165, 1.54) is 25.0 Å². The Hall–Kier alpha value is -1.97. The predicted molar refractivity (Wildman–Crippen MR) is 86.5 cm³/mol. The van der Waals surface area contributed by atoms with Crippen LogP contribution in [0.1, 0.15) is 36.0 Å². The summed E-state index contributed by atoms with van der Waals surface area (Å²) >= 11 is 0. The van der Waals surface area contributed by atoms with Crippen molar-refractivity contribution in [2.45, 2.75) is 31.2 Å². The van der Waals surface area contributed by atoms with Gasteiger partial charge in [-0.25, -0.2) is 4.79 Å². The molecule has 2 aliphatic rings. The van der Waals surface area contributed by atoms with Crippen LogP contribution in [0, 0.1) is 5.41 Å². The lowest BCUT2D eigenvalue weighted by Gasteiger charge is -2.34. The molecule has 0 bridgehead atoms. The molecule has 1 spiro atoms. The van der Waals surface area contributed by atoms with Crippen molar-refractivity contribution < 1.29 is 35.3 Å². The third-order valence-electron chi connectivity index (χ3n) is 4.95. The van der Waals surface area contributed by atoms with Crippen LogP contribution in [0.25, 0.3) is 0 Å². The predicted octanol–water partition coefficient (Wildman–Crippen LogP) is 3.08. The Kier molecular flexibility index (Phi) is 4.58. The zero-order valence-corrected chi connectivity index (χ0v) is 14.8. The summed E-state index contributed by atoms with van der Waals surface area (Å²) in [5.74, 6) is -1.37. The number of esters is 1. The molecule has 1 heterocycles. The van der Waals surface area contributed by atoms with Crippen molar-refractivity contribution >= 4 is 21.8 Å². The Labute approximate surface area is 149 Å². The van der Waals surface area contributed by atoms with Crippen molar-refractivity contribution in [1.29, 1.82) is 0 Å². The van der Waals surface area contributed by atoms with Gasteiger partial charge in [-0.3, -0.25) is 0 Å². The van der Waals surface area contributed by atoms with Gasteiger partial charge in [0.2, 0.25) is 0 Å². The summed E-state index contributed by atoms with van der Waals surface area (Å²) in [6.45, 7) is 1.35. The van der Waals surface area contributed by atoms with Crippen molar-refractivity contribution in [2.24, 2.45) is 5.41 Å². The summed E-state index contributed by atoms with van der Waals surface area (Å²) in [7, 11) is -4.70. The molecule has 0 N–H and O–H groups in total. The number of benzene rings is 1. The van der Waals surface area contributed by atoms with E-state index in [-0.39, 0.29) is 5.56 Å². The van der Waals surface area contributed by atoms with Crippen LogP contribution in [-0.4, -0.2) is 40.1 Å². The molecule has 1 saturated carbocycles. The number of methoxy groups -OCH3 is 1. The SMILES string of the molecule is COC(=O)c1cc(OS(=O)(=O)C(F)(F)F)cc(N2CCC3(CC2)CC3)c1. The van der Waals surface area contributed by atoms with Gasteiger partial charge in [0, 0.05) is 24.8 Å². The Bertz CT molecular complexity index is 808. The van der Waals surface area contributed by atoms with Crippen molar-refractivity contribution in [2.75, 3.05) is 25.1 Å². The molecule has 1 aromatic rings. The number of hydrogen-bond acceptors (Lipinski definition) is 6. The molecule has 144 valence electrons. The van der Waals surface area contributed by atoms with Gasteiger partial charge in [0.15, 0.2) is 0 Å². The van der Waals surface area contributed by atoms with Crippen LogP contribution in [0.3, 0.4) is 0 Å². The van der Waals surface area contributed by atoms with Crippen LogP contribution in [-0.2, 0) is 14.9 Å². The first-order chi connectivity index (χ1) is 12.1. The summed E-state index contributed by atoms with van der Waals surface area (Å²) < 4.78 is 69.1. The average Bonchev–Trinajstić information content (AvgIpc) is 3.32. The molecule has 1 aliphatic carbocycles. The number of hydrogen-bond donors (Lipinski definition) is 0. The number of carbonyl (C=O) groups is 1. The Morgan fingerprint density at radius 1 is 1.12 bits per heavy atom. The van der Waals surface area contributed by atoms with E-state index in [9.17, 15) is 26.4 Å². The highest BCUT2D eigenvalue weighted by molar-refractivity contribution is 7.88. The Morgan fingerprint density at radius 2 is 1.73 bits per heavy atom. The van der Waals surface area contributed by atoms with E-state index < -0.39 is 27.3 Å². The van der Waals surface area contributed by atoms with Crippen LogP contribution < -0.4 is 9.08 Å². The number of ether oxygens (including phenoxy) is 1. The molecule has 0 unspecified atom stereocenters. The summed E-state index contributed by atoms with van der Waals surface area (Å²) in [4.78, 5) is 13.7. The quantitative estimate of drug-likeness (QED) is 0.445. The molecule has 0 amide bonds. The maximum absolute atomic E-state index is 12.6. The summed E-state index contributed by atoms with van der Waals surface area (Å²) in [6, 6.07) is 3.58. The number of anilines is 1. The van der Waals surface area contributed by atoms with Gasteiger partial charge in [0.05, 0.1) is 12.7 Å². The molecule has 1 aliphatic heterocycles. The van der Waals surface area contributed by atoms with Gasteiger partial charge in [0.25, 0.3) is 0 Å². The summed E-state index contributed by atoms with van der Waals surface area (Å²) in [5, 5.41) is 0. The molecule has 26 heavy (non-hydrogen) atoms. The third-order valence-corrected chi connectivity index (χ3v) is 5.93. The molecule has 10 heteroatoms. The number of carbonyl (C=O) groups excluding carboxylic acids is 1. The van der Waals surface area contributed by atoms with Gasteiger partial charge in [0.1, 0.15) is 5.75 Å². The minimum absolute atomic E-state index is 0.0796. The van der Waals surface area contributed by atoms with Gasteiger partial charge >= 0.3 is 21.6 Å². The molecule has 0 aromatic heterocycles. The lowest BCUT2D eigenvalue weighted by Crippen LogP contribution is -2.34. The summed E-state index contributed by atoms with van der Waals surface area (Å²) in [6.07, 6.45) is 4.27. The fraction of sp³-hybridized carbons (Fsp3) is 0.562. The van der Waals surface area contributed by atoms with Crippen LogP contribution in [0.2, 0.25) is 0 Å². The first-order valence-corrected chi connectivity index (χ1v) is 9.45. The first-order valence-electron chi connectivity index (χ1n) is 8.04. The number of rotatable bonds is 4. The standard InChI is InChI=1S/C16H18F3NO5S/c1-24-14(21)11-8-12(20-6-4-15(2-3-15)5-7-20)10-13(9-11)25-26(22,23)16(17,18)19/h8-10H,2-7H2,1H3. The lowest BCUT2D eigenvalue weighted by molar-refractivity contribution is -0.0500. The maximum Gasteiger partial charge on any atom is 0.534 e. The molecule has 2 fully saturated rings. The van der Waals surface area contributed by atoms with Crippen molar-refractivity contribution in [3.63, 3.8) is 0 Å². The second-order valence-electron chi connectivity index (χ2n) is 6.68. The van der Waals surface area contributed by atoms with Crippen LogP contribution in [0.15, 0.2) is 18.2 Å². The lowest BCUT2D eigenvalue weighted by atomic mass is 9.93. The monoisotopic (exact) mass is 393 g/mol. The molecule has 1 aromatic carbocycles. The molecular weight excluding hydrogens is 375 g/mol. The average molecular weight is 393 g/mol. The highest BCUT2D eigenvalue weighted by Crippen LogP contribution is 2.54. The highest BCUT2D eigenvalue weighted by atomic mass is 32.2. The number of piperidine rings is 1. The van der Waals surface area contributed by atoms with E-state index in [0.29, 0.717) is 24.2 Å². The van der Waals surface area contributed by atoms with Crippen molar-refractivity contribution in [3.8, 4) is 5.75 Å². The highest BCUT2D eigenvalue weighted by Gasteiger charge is 2.49. The van der Waals surface area contributed by atoms with Gasteiger partial charge < -0.3 is 13.8 Å². The normalized spacial score (nSPS) is 19.3. The zero-order valence-electron chi connectivity index (χ0n) is 14.0. The van der Waals surface area contributed by atoms with Crippen molar-refractivity contribution in [3.05, 3.63) is 23.8 Å². The topological polar surface area (TPSA) is 72.9 Å². The van der Waals surface area contributed by atoms with Crippen LogP contribution in [0.4, 0.5) is 18.9 Å². The van der Waals surface area contributed by atoms with E-state index in [0.717, 1.165) is 26.0 Å². The van der Waals surface area contributed by atoms with Gasteiger partial charge in [-0.2, -0.15) is 21.6 Å². The molecule has 0 atom stereocenters. The third kappa shape index (κ3) is 3.74. The first kappa shape index (κ1) is 18.8. The molecule has 3 rings (SSSR count). The molecular formula is C16H18F3NO5S. The second-order valence-corrected chi connectivity index (χ2v) is 8.22. The number of alkyl halides is 3. The van der Waals surface area contributed by atoms with Gasteiger partial charge in [-0.1, -0.05) is 0 Å². The van der Waals surface area contributed by atoms with Crippen molar-refractivity contribution in [1.82, 2.24) is 0 Å². The molecule has 6 nitrogen and oxygen atoms in total. The fourth-order valence-corrected chi connectivity index (χ4v) is 3.58. The molecule has 0 radical (unpaired) electrons. The van der Waals surface area contributed by atoms with Gasteiger partial charge in [-0.05, 0) is 43.2 Å².